The van der Waals surface area contributed by atoms with Crippen LogP contribution in [0.3, 0.4) is 0 Å². The average molecular weight is 246 g/mol. The van der Waals surface area contributed by atoms with E-state index < -0.39 is 0 Å². The molecular formula is C14H18N2O2. The molecule has 4 heteroatoms. The summed E-state index contributed by atoms with van der Waals surface area (Å²) in [7, 11) is 0. The van der Waals surface area contributed by atoms with Gasteiger partial charge in [0.25, 0.3) is 5.91 Å². The summed E-state index contributed by atoms with van der Waals surface area (Å²) in [5.41, 5.74) is 1.63. The molecule has 0 bridgehead atoms. The summed E-state index contributed by atoms with van der Waals surface area (Å²) in [6, 6.07) is 7.73. The van der Waals surface area contributed by atoms with Gasteiger partial charge in [-0.05, 0) is 18.4 Å². The minimum absolute atomic E-state index is 0.0720. The summed E-state index contributed by atoms with van der Waals surface area (Å²) >= 11 is 0. The zero-order chi connectivity index (χ0) is 13.0. The predicted octanol–water partition coefficient (Wildman–Crippen LogP) is 1.92. The second-order valence-electron chi connectivity index (χ2n) is 4.58. The first kappa shape index (κ1) is 12.6. The SMILES string of the molecule is CC(CCO)CNC(=O)c1c[nH]c2ccccc12. The van der Waals surface area contributed by atoms with Gasteiger partial charge in [-0.25, -0.2) is 0 Å². The van der Waals surface area contributed by atoms with E-state index in [1.54, 1.807) is 6.20 Å². The fourth-order valence-corrected chi connectivity index (χ4v) is 1.94. The van der Waals surface area contributed by atoms with E-state index in [1.165, 1.54) is 0 Å². The summed E-state index contributed by atoms with van der Waals surface area (Å²) in [5, 5.41) is 12.6. The number of aliphatic hydroxyl groups is 1. The van der Waals surface area contributed by atoms with E-state index in [0.29, 0.717) is 18.5 Å². The predicted molar refractivity (Wildman–Crippen MR) is 71.5 cm³/mol. The highest BCUT2D eigenvalue weighted by atomic mass is 16.3. The second-order valence-corrected chi connectivity index (χ2v) is 4.58. The zero-order valence-electron chi connectivity index (χ0n) is 10.4. The van der Waals surface area contributed by atoms with Crippen LogP contribution >= 0.6 is 0 Å². The quantitative estimate of drug-likeness (QED) is 0.754. The van der Waals surface area contributed by atoms with Gasteiger partial charge in [0.2, 0.25) is 0 Å². The Kier molecular flexibility index (Phi) is 3.99. The maximum absolute atomic E-state index is 12.0. The van der Waals surface area contributed by atoms with Crippen LogP contribution in [0.15, 0.2) is 30.5 Å². The van der Waals surface area contributed by atoms with Gasteiger partial charge in [0.1, 0.15) is 0 Å². The third-order valence-electron chi connectivity index (χ3n) is 3.07. The standard InChI is InChI=1S/C14H18N2O2/c1-10(6-7-17)8-16-14(18)12-9-15-13-5-3-2-4-11(12)13/h2-5,9-10,15,17H,6-8H2,1H3,(H,16,18). The summed E-state index contributed by atoms with van der Waals surface area (Å²) < 4.78 is 0. The summed E-state index contributed by atoms with van der Waals surface area (Å²) in [6.45, 7) is 2.74. The highest BCUT2D eigenvalue weighted by Crippen LogP contribution is 2.17. The number of benzene rings is 1. The zero-order valence-corrected chi connectivity index (χ0v) is 10.4. The van der Waals surface area contributed by atoms with Gasteiger partial charge in [-0.15, -0.1) is 0 Å². The van der Waals surface area contributed by atoms with Crippen molar-refractivity contribution in [1.82, 2.24) is 10.3 Å². The molecule has 0 spiro atoms. The number of nitrogens with one attached hydrogen (secondary N) is 2. The van der Waals surface area contributed by atoms with Crippen molar-refractivity contribution in [2.45, 2.75) is 13.3 Å². The topological polar surface area (TPSA) is 65.1 Å². The number of carbonyl (C=O) groups excluding carboxylic acids is 1. The minimum Gasteiger partial charge on any atom is -0.396 e. The molecule has 0 fully saturated rings. The second kappa shape index (κ2) is 5.69. The molecule has 0 aliphatic heterocycles. The molecule has 1 amide bonds. The Bertz CT molecular complexity index is 533. The number of para-hydroxylation sites is 1. The van der Waals surface area contributed by atoms with Crippen molar-refractivity contribution in [1.29, 1.82) is 0 Å². The minimum atomic E-state index is -0.0720. The fourth-order valence-electron chi connectivity index (χ4n) is 1.94. The van der Waals surface area contributed by atoms with Gasteiger partial charge in [0.15, 0.2) is 0 Å². The van der Waals surface area contributed by atoms with Crippen LogP contribution in [0.1, 0.15) is 23.7 Å². The molecule has 2 rings (SSSR count). The van der Waals surface area contributed by atoms with E-state index in [2.05, 4.69) is 10.3 Å². The van der Waals surface area contributed by atoms with Crippen molar-refractivity contribution in [3.63, 3.8) is 0 Å². The van der Waals surface area contributed by atoms with Gasteiger partial charge >= 0.3 is 0 Å². The lowest BCUT2D eigenvalue weighted by Gasteiger charge is -2.10. The Labute approximate surface area is 106 Å². The third-order valence-corrected chi connectivity index (χ3v) is 3.07. The van der Waals surface area contributed by atoms with Crippen molar-refractivity contribution in [3.8, 4) is 0 Å². The Balaban J connectivity index is 2.05. The molecule has 1 atom stereocenters. The van der Waals surface area contributed by atoms with Gasteiger partial charge in [-0.1, -0.05) is 25.1 Å². The van der Waals surface area contributed by atoms with Crippen molar-refractivity contribution in [2.24, 2.45) is 5.92 Å². The van der Waals surface area contributed by atoms with E-state index >= 15 is 0 Å². The molecular weight excluding hydrogens is 228 g/mol. The first-order valence-electron chi connectivity index (χ1n) is 6.17. The Morgan fingerprint density at radius 3 is 3.00 bits per heavy atom. The number of hydrogen-bond acceptors (Lipinski definition) is 2. The van der Waals surface area contributed by atoms with E-state index in [1.807, 2.05) is 31.2 Å². The number of fused-ring (bicyclic) bond motifs is 1. The van der Waals surface area contributed by atoms with E-state index in [9.17, 15) is 4.79 Å². The molecule has 1 aromatic carbocycles. The van der Waals surface area contributed by atoms with Crippen LogP contribution in [-0.4, -0.2) is 29.1 Å². The number of rotatable bonds is 5. The van der Waals surface area contributed by atoms with Crippen molar-refractivity contribution in [3.05, 3.63) is 36.0 Å². The van der Waals surface area contributed by atoms with E-state index in [-0.39, 0.29) is 18.4 Å². The fraction of sp³-hybridized carbons (Fsp3) is 0.357. The number of aliphatic hydroxyl groups excluding tert-OH is 1. The molecule has 1 aromatic heterocycles. The molecule has 0 radical (unpaired) electrons. The summed E-state index contributed by atoms with van der Waals surface area (Å²) in [6.07, 6.45) is 2.44. The molecule has 4 nitrogen and oxygen atoms in total. The van der Waals surface area contributed by atoms with Crippen molar-refractivity contribution in [2.75, 3.05) is 13.2 Å². The number of amides is 1. The number of aromatic nitrogens is 1. The maximum Gasteiger partial charge on any atom is 0.253 e. The lowest BCUT2D eigenvalue weighted by molar-refractivity contribution is 0.0947. The molecule has 1 heterocycles. The average Bonchev–Trinajstić information content (AvgIpc) is 2.80. The molecule has 18 heavy (non-hydrogen) atoms. The molecule has 0 saturated carbocycles. The first-order valence-corrected chi connectivity index (χ1v) is 6.17. The van der Waals surface area contributed by atoms with Crippen LogP contribution in [0, 0.1) is 5.92 Å². The lowest BCUT2D eigenvalue weighted by atomic mass is 10.1. The molecule has 3 N–H and O–H groups in total. The van der Waals surface area contributed by atoms with E-state index in [4.69, 9.17) is 5.11 Å². The number of hydrogen-bond donors (Lipinski definition) is 3. The van der Waals surface area contributed by atoms with Crippen LogP contribution in [-0.2, 0) is 0 Å². The molecule has 0 saturated heterocycles. The first-order chi connectivity index (χ1) is 8.72. The molecule has 96 valence electrons. The number of carbonyl (C=O) groups is 1. The van der Waals surface area contributed by atoms with Crippen LogP contribution in [0.25, 0.3) is 10.9 Å². The molecule has 0 aliphatic carbocycles. The van der Waals surface area contributed by atoms with Gasteiger partial charge in [-0.3, -0.25) is 4.79 Å². The summed E-state index contributed by atoms with van der Waals surface area (Å²) in [4.78, 5) is 15.1. The highest BCUT2D eigenvalue weighted by molar-refractivity contribution is 6.06. The molecule has 1 unspecified atom stereocenters. The Morgan fingerprint density at radius 1 is 1.44 bits per heavy atom. The number of H-pyrrole nitrogens is 1. The van der Waals surface area contributed by atoms with Gasteiger partial charge in [0.05, 0.1) is 5.56 Å². The lowest BCUT2D eigenvalue weighted by Crippen LogP contribution is -2.28. The third kappa shape index (κ3) is 2.71. The monoisotopic (exact) mass is 246 g/mol. The van der Waals surface area contributed by atoms with Crippen LogP contribution in [0.2, 0.25) is 0 Å². The van der Waals surface area contributed by atoms with Gasteiger partial charge in [-0.2, -0.15) is 0 Å². The smallest absolute Gasteiger partial charge is 0.253 e. The molecule has 2 aromatic rings. The number of aromatic amines is 1. The van der Waals surface area contributed by atoms with Gasteiger partial charge < -0.3 is 15.4 Å². The van der Waals surface area contributed by atoms with Crippen LogP contribution in [0.4, 0.5) is 0 Å². The van der Waals surface area contributed by atoms with E-state index in [0.717, 1.165) is 10.9 Å². The Morgan fingerprint density at radius 2 is 2.22 bits per heavy atom. The molecule has 0 aliphatic rings. The van der Waals surface area contributed by atoms with Crippen molar-refractivity contribution < 1.29 is 9.90 Å². The summed E-state index contributed by atoms with van der Waals surface area (Å²) in [5.74, 6) is 0.210. The van der Waals surface area contributed by atoms with Gasteiger partial charge in [0, 0.05) is 30.3 Å². The highest BCUT2D eigenvalue weighted by Gasteiger charge is 2.12. The Hall–Kier alpha value is -1.81. The van der Waals surface area contributed by atoms with Crippen LogP contribution in [0.5, 0.6) is 0 Å². The normalized spacial score (nSPS) is 12.6. The maximum atomic E-state index is 12.0. The van der Waals surface area contributed by atoms with Crippen molar-refractivity contribution >= 4 is 16.8 Å². The largest absolute Gasteiger partial charge is 0.396 e. The van der Waals surface area contributed by atoms with Crippen LogP contribution < -0.4 is 5.32 Å².